The normalized spacial score (nSPS) is 10.4. The third kappa shape index (κ3) is 3.07. The summed E-state index contributed by atoms with van der Waals surface area (Å²) < 4.78 is 19.4. The highest BCUT2D eigenvalue weighted by atomic mass is 79.9. The summed E-state index contributed by atoms with van der Waals surface area (Å²) >= 11 is 3.07. The number of benzene rings is 2. The quantitative estimate of drug-likeness (QED) is 0.767. The minimum absolute atomic E-state index is 0.247. The fourth-order valence-electron chi connectivity index (χ4n) is 1.90. The maximum Gasteiger partial charge on any atom is 0.196 e. The van der Waals surface area contributed by atoms with Gasteiger partial charge < -0.3 is 4.74 Å². The van der Waals surface area contributed by atoms with Gasteiger partial charge in [-0.25, -0.2) is 4.39 Å². The SMILES string of the molecule is CCOc1ccc(C)cc1C(=O)c1ccc(Br)c(F)c1. The van der Waals surface area contributed by atoms with Gasteiger partial charge in [0.05, 0.1) is 16.6 Å². The second-order valence-corrected chi connectivity index (χ2v) is 5.24. The van der Waals surface area contributed by atoms with E-state index in [1.165, 1.54) is 12.1 Å². The van der Waals surface area contributed by atoms with E-state index in [1.54, 1.807) is 18.2 Å². The number of rotatable bonds is 4. The van der Waals surface area contributed by atoms with Crippen molar-refractivity contribution in [1.29, 1.82) is 0 Å². The summed E-state index contributed by atoms with van der Waals surface area (Å²) in [5.74, 6) is -0.184. The Morgan fingerprint density at radius 3 is 2.65 bits per heavy atom. The lowest BCUT2D eigenvalue weighted by Crippen LogP contribution is -2.06. The van der Waals surface area contributed by atoms with Crippen LogP contribution in [0.25, 0.3) is 0 Å². The highest BCUT2D eigenvalue weighted by molar-refractivity contribution is 9.10. The van der Waals surface area contributed by atoms with Gasteiger partial charge in [0.25, 0.3) is 0 Å². The Balaban J connectivity index is 2.46. The molecule has 2 rings (SSSR count). The molecule has 0 aromatic heterocycles. The summed E-state index contributed by atoms with van der Waals surface area (Å²) in [6.45, 7) is 4.22. The molecule has 0 heterocycles. The van der Waals surface area contributed by atoms with Crippen molar-refractivity contribution in [2.24, 2.45) is 0 Å². The van der Waals surface area contributed by atoms with Gasteiger partial charge in [0.15, 0.2) is 5.78 Å². The highest BCUT2D eigenvalue weighted by Gasteiger charge is 2.16. The molecule has 0 saturated carbocycles. The average molecular weight is 337 g/mol. The van der Waals surface area contributed by atoms with Crippen molar-refractivity contribution in [1.82, 2.24) is 0 Å². The zero-order valence-corrected chi connectivity index (χ0v) is 12.8. The zero-order valence-electron chi connectivity index (χ0n) is 11.2. The third-order valence-corrected chi connectivity index (χ3v) is 3.50. The van der Waals surface area contributed by atoms with Crippen LogP contribution in [-0.2, 0) is 0 Å². The van der Waals surface area contributed by atoms with E-state index in [0.717, 1.165) is 5.56 Å². The predicted molar refractivity (Wildman–Crippen MR) is 79.9 cm³/mol. The van der Waals surface area contributed by atoms with Crippen LogP contribution in [0.3, 0.4) is 0 Å². The molecule has 0 aliphatic rings. The first-order valence-electron chi connectivity index (χ1n) is 6.26. The molecule has 0 aliphatic carbocycles. The third-order valence-electron chi connectivity index (χ3n) is 2.86. The number of carbonyl (C=O) groups excluding carboxylic acids is 1. The van der Waals surface area contributed by atoms with E-state index in [9.17, 15) is 9.18 Å². The summed E-state index contributed by atoms with van der Waals surface area (Å²) in [7, 11) is 0. The van der Waals surface area contributed by atoms with Gasteiger partial charge in [-0.15, -0.1) is 0 Å². The molecule has 0 atom stereocenters. The van der Waals surface area contributed by atoms with Crippen molar-refractivity contribution in [3.8, 4) is 5.75 Å². The number of carbonyl (C=O) groups is 1. The Morgan fingerprint density at radius 2 is 2.00 bits per heavy atom. The topological polar surface area (TPSA) is 26.3 Å². The first-order valence-corrected chi connectivity index (χ1v) is 7.05. The molecule has 104 valence electrons. The number of ether oxygens (including phenoxy) is 1. The Kier molecular flexibility index (Phi) is 4.55. The lowest BCUT2D eigenvalue weighted by Gasteiger charge is -2.10. The van der Waals surface area contributed by atoms with Crippen molar-refractivity contribution in [2.75, 3.05) is 6.61 Å². The number of ketones is 1. The minimum atomic E-state index is -0.457. The minimum Gasteiger partial charge on any atom is -0.493 e. The van der Waals surface area contributed by atoms with Gasteiger partial charge >= 0.3 is 0 Å². The van der Waals surface area contributed by atoms with E-state index in [4.69, 9.17) is 4.74 Å². The molecule has 0 amide bonds. The molecule has 0 aliphatic heterocycles. The van der Waals surface area contributed by atoms with Crippen molar-refractivity contribution in [3.63, 3.8) is 0 Å². The first kappa shape index (κ1) is 14.7. The van der Waals surface area contributed by atoms with Gasteiger partial charge in [-0.3, -0.25) is 4.79 Å². The smallest absolute Gasteiger partial charge is 0.196 e. The molecule has 0 fully saturated rings. The van der Waals surface area contributed by atoms with Crippen LogP contribution in [0, 0.1) is 12.7 Å². The Bertz CT molecular complexity index is 653. The fraction of sp³-hybridized carbons (Fsp3) is 0.188. The fourth-order valence-corrected chi connectivity index (χ4v) is 2.14. The Labute approximate surface area is 125 Å². The molecular weight excluding hydrogens is 323 g/mol. The molecule has 2 aromatic rings. The van der Waals surface area contributed by atoms with Gasteiger partial charge in [0.1, 0.15) is 11.6 Å². The summed E-state index contributed by atoms with van der Waals surface area (Å²) in [5, 5.41) is 0. The van der Waals surface area contributed by atoms with E-state index in [-0.39, 0.29) is 5.78 Å². The van der Waals surface area contributed by atoms with E-state index in [0.29, 0.717) is 28.0 Å². The Morgan fingerprint density at radius 1 is 1.25 bits per heavy atom. The largest absolute Gasteiger partial charge is 0.493 e. The van der Waals surface area contributed by atoms with Crippen LogP contribution in [0.1, 0.15) is 28.4 Å². The van der Waals surface area contributed by atoms with Crippen LogP contribution in [0.5, 0.6) is 5.75 Å². The highest BCUT2D eigenvalue weighted by Crippen LogP contribution is 2.25. The maximum atomic E-state index is 13.6. The van der Waals surface area contributed by atoms with E-state index in [2.05, 4.69) is 15.9 Å². The molecule has 0 radical (unpaired) electrons. The number of halogens is 2. The molecule has 2 aromatic carbocycles. The Hall–Kier alpha value is -1.68. The molecule has 0 saturated heterocycles. The average Bonchev–Trinajstić information content (AvgIpc) is 2.43. The van der Waals surface area contributed by atoms with Crippen LogP contribution in [0.2, 0.25) is 0 Å². The molecular formula is C16H14BrFO2. The summed E-state index contributed by atoms with van der Waals surface area (Å²) in [4.78, 5) is 12.5. The van der Waals surface area contributed by atoms with Crippen LogP contribution in [-0.4, -0.2) is 12.4 Å². The van der Waals surface area contributed by atoms with Crippen LogP contribution in [0.4, 0.5) is 4.39 Å². The van der Waals surface area contributed by atoms with Crippen LogP contribution >= 0.6 is 15.9 Å². The standard InChI is InChI=1S/C16H14BrFO2/c1-3-20-15-7-4-10(2)8-12(15)16(19)11-5-6-13(17)14(18)9-11/h4-9H,3H2,1-2H3. The van der Waals surface area contributed by atoms with Crippen molar-refractivity contribution in [2.45, 2.75) is 13.8 Å². The van der Waals surface area contributed by atoms with Gasteiger partial charge in [-0.2, -0.15) is 0 Å². The molecule has 20 heavy (non-hydrogen) atoms. The van der Waals surface area contributed by atoms with Crippen molar-refractivity contribution >= 4 is 21.7 Å². The van der Waals surface area contributed by atoms with Gasteiger partial charge in [-0.1, -0.05) is 11.6 Å². The van der Waals surface area contributed by atoms with Gasteiger partial charge in [0.2, 0.25) is 0 Å². The number of hydrogen-bond acceptors (Lipinski definition) is 2. The molecule has 0 bridgehead atoms. The van der Waals surface area contributed by atoms with E-state index < -0.39 is 5.82 Å². The molecule has 0 N–H and O–H groups in total. The van der Waals surface area contributed by atoms with Crippen molar-refractivity contribution < 1.29 is 13.9 Å². The monoisotopic (exact) mass is 336 g/mol. The maximum absolute atomic E-state index is 13.6. The van der Waals surface area contributed by atoms with Crippen LogP contribution < -0.4 is 4.74 Å². The lowest BCUT2D eigenvalue weighted by atomic mass is 10.0. The molecule has 0 spiro atoms. The second-order valence-electron chi connectivity index (χ2n) is 4.39. The first-order chi connectivity index (χ1) is 9.52. The second kappa shape index (κ2) is 6.18. The summed E-state index contributed by atoms with van der Waals surface area (Å²) in [6.07, 6.45) is 0. The zero-order chi connectivity index (χ0) is 14.7. The molecule has 0 unspecified atom stereocenters. The molecule has 2 nitrogen and oxygen atoms in total. The summed E-state index contributed by atoms with van der Waals surface area (Å²) in [5.41, 5.74) is 1.71. The molecule has 4 heteroatoms. The van der Waals surface area contributed by atoms with Crippen molar-refractivity contribution in [3.05, 3.63) is 63.4 Å². The lowest BCUT2D eigenvalue weighted by molar-refractivity contribution is 0.103. The van der Waals surface area contributed by atoms with Gasteiger partial charge in [-0.05, 0) is 60.1 Å². The number of aryl methyl sites for hydroxylation is 1. The van der Waals surface area contributed by atoms with E-state index in [1.807, 2.05) is 19.9 Å². The number of hydrogen-bond donors (Lipinski definition) is 0. The van der Waals surface area contributed by atoms with E-state index >= 15 is 0 Å². The van der Waals surface area contributed by atoms with Gasteiger partial charge in [0, 0.05) is 5.56 Å². The van der Waals surface area contributed by atoms with Crippen LogP contribution in [0.15, 0.2) is 40.9 Å². The summed E-state index contributed by atoms with van der Waals surface area (Å²) in [6, 6.07) is 9.75. The predicted octanol–water partition coefficient (Wildman–Crippen LogP) is 4.53.